The van der Waals surface area contributed by atoms with Gasteiger partial charge in [-0.15, -0.1) is 0 Å². The molecule has 1 unspecified atom stereocenters. The lowest BCUT2D eigenvalue weighted by atomic mass is 10.1. The summed E-state index contributed by atoms with van der Waals surface area (Å²) < 4.78 is 6.55. The first kappa shape index (κ1) is 18.5. The van der Waals surface area contributed by atoms with Crippen molar-refractivity contribution in [2.45, 2.75) is 18.9 Å². The van der Waals surface area contributed by atoms with Crippen LogP contribution in [0.2, 0.25) is 0 Å². The molecule has 2 N–H and O–H groups in total. The molecule has 0 spiro atoms. The Morgan fingerprint density at radius 3 is 2.96 bits per heavy atom. The van der Waals surface area contributed by atoms with Crippen LogP contribution in [0.25, 0.3) is 10.2 Å². The van der Waals surface area contributed by atoms with Gasteiger partial charge in [0.2, 0.25) is 0 Å². The number of hydrogen-bond donors (Lipinski definition) is 2. The topological polar surface area (TPSA) is 69.7 Å². The van der Waals surface area contributed by atoms with Gasteiger partial charge in [0, 0.05) is 45.3 Å². The van der Waals surface area contributed by atoms with Crippen molar-refractivity contribution in [3.63, 3.8) is 0 Å². The minimum atomic E-state index is -0.0700. The third kappa shape index (κ3) is 4.88. The molecule has 7 nitrogen and oxygen atoms in total. The minimum Gasteiger partial charge on any atom is -0.379 e. The van der Waals surface area contributed by atoms with Gasteiger partial charge >= 0.3 is 6.03 Å². The number of benzene rings is 1. The number of carbonyl (C=O) groups excluding carboxylic acids is 1. The van der Waals surface area contributed by atoms with Crippen LogP contribution in [0.15, 0.2) is 24.3 Å². The maximum atomic E-state index is 12.2. The van der Waals surface area contributed by atoms with Crippen molar-refractivity contribution >= 4 is 32.7 Å². The summed E-state index contributed by atoms with van der Waals surface area (Å²) in [6, 6.07) is 8.32. The fourth-order valence-corrected chi connectivity index (χ4v) is 4.65. The highest BCUT2D eigenvalue weighted by Crippen LogP contribution is 2.30. The number of ether oxygens (including phenoxy) is 1. The number of para-hydroxylation sites is 1. The Morgan fingerprint density at radius 1 is 1.26 bits per heavy atom. The number of hydrogen-bond acceptors (Lipinski definition) is 6. The molecule has 2 saturated heterocycles. The van der Waals surface area contributed by atoms with Gasteiger partial charge in [-0.25, -0.2) is 9.78 Å². The lowest BCUT2D eigenvalue weighted by Crippen LogP contribution is -2.51. The van der Waals surface area contributed by atoms with Crippen molar-refractivity contribution in [2.24, 2.45) is 0 Å². The van der Waals surface area contributed by atoms with E-state index in [0.717, 1.165) is 69.4 Å². The summed E-state index contributed by atoms with van der Waals surface area (Å²) in [5, 5.41) is 7.17. The molecular formula is C19H27N5O2S. The SMILES string of the molecule is O=C(NCCN1CCOCC1)NC1CCCN(c2nc3ccccc3s2)C1. The molecule has 2 aliphatic rings. The van der Waals surface area contributed by atoms with Gasteiger partial charge in [0.1, 0.15) is 0 Å². The largest absolute Gasteiger partial charge is 0.379 e. The number of nitrogens with zero attached hydrogens (tertiary/aromatic N) is 3. The Labute approximate surface area is 163 Å². The second-order valence-electron chi connectivity index (χ2n) is 7.10. The second-order valence-corrected chi connectivity index (χ2v) is 8.11. The van der Waals surface area contributed by atoms with Crippen molar-refractivity contribution in [2.75, 3.05) is 57.4 Å². The molecule has 0 saturated carbocycles. The van der Waals surface area contributed by atoms with Crippen LogP contribution in [-0.4, -0.2) is 74.4 Å². The molecule has 2 amide bonds. The van der Waals surface area contributed by atoms with Gasteiger partial charge in [0.25, 0.3) is 0 Å². The van der Waals surface area contributed by atoms with Crippen LogP contribution < -0.4 is 15.5 Å². The highest BCUT2D eigenvalue weighted by molar-refractivity contribution is 7.22. The standard InChI is InChI=1S/C19H27N5O2S/c25-18(20-7-9-23-10-12-26-13-11-23)21-15-4-3-8-24(14-15)19-22-16-5-1-2-6-17(16)27-19/h1-2,5-6,15H,3-4,7-14H2,(H2,20,21,25). The lowest BCUT2D eigenvalue weighted by molar-refractivity contribution is 0.0387. The number of thiazole rings is 1. The summed E-state index contributed by atoms with van der Waals surface area (Å²) in [5.74, 6) is 0. The van der Waals surface area contributed by atoms with E-state index in [0.29, 0.717) is 6.54 Å². The van der Waals surface area contributed by atoms with Gasteiger partial charge in [-0.05, 0) is 25.0 Å². The summed E-state index contributed by atoms with van der Waals surface area (Å²) in [7, 11) is 0. The molecule has 146 valence electrons. The van der Waals surface area contributed by atoms with Gasteiger partial charge in [0.15, 0.2) is 5.13 Å². The van der Waals surface area contributed by atoms with Crippen molar-refractivity contribution in [1.82, 2.24) is 20.5 Å². The van der Waals surface area contributed by atoms with Gasteiger partial charge in [-0.1, -0.05) is 23.5 Å². The quantitative estimate of drug-likeness (QED) is 0.817. The predicted molar refractivity (Wildman–Crippen MR) is 109 cm³/mol. The highest BCUT2D eigenvalue weighted by Gasteiger charge is 2.23. The van der Waals surface area contributed by atoms with Crippen molar-refractivity contribution in [3.05, 3.63) is 24.3 Å². The zero-order valence-corrected chi connectivity index (χ0v) is 16.3. The van der Waals surface area contributed by atoms with E-state index in [1.807, 2.05) is 12.1 Å². The molecular weight excluding hydrogens is 362 g/mol. The van der Waals surface area contributed by atoms with Crippen LogP contribution in [-0.2, 0) is 4.74 Å². The molecule has 4 rings (SSSR count). The number of piperidine rings is 1. The molecule has 0 radical (unpaired) electrons. The van der Waals surface area contributed by atoms with E-state index >= 15 is 0 Å². The van der Waals surface area contributed by atoms with Crippen LogP contribution in [0.3, 0.4) is 0 Å². The predicted octanol–water partition coefficient (Wildman–Crippen LogP) is 1.90. The summed E-state index contributed by atoms with van der Waals surface area (Å²) in [5.41, 5.74) is 1.05. The van der Waals surface area contributed by atoms with E-state index in [1.54, 1.807) is 11.3 Å². The normalized spacial score (nSPS) is 21.3. The number of aromatic nitrogens is 1. The molecule has 1 aromatic heterocycles. The van der Waals surface area contributed by atoms with Gasteiger partial charge in [-0.3, -0.25) is 4.90 Å². The third-order valence-corrected chi connectivity index (χ3v) is 6.22. The fourth-order valence-electron chi connectivity index (χ4n) is 3.65. The maximum absolute atomic E-state index is 12.2. The number of urea groups is 1. The van der Waals surface area contributed by atoms with E-state index in [9.17, 15) is 4.79 Å². The second kappa shape index (κ2) is 8.86. The molecule has 1 aromatic carbocycles. The lowest BCUT2D eigenvalue weighted by Gasteiger charge is -2.33. The van der Waals surface area contributed by atoms with Crippen LogP contribution in [0.4, 0.5) is 9.93 Å². The molecule has 3 heterocycles. The van der Waals surface area contributed by atoms with Crippen molar-refractivity contribution < 1.29 is 9.53 Å². The molecule has 27 heavy (non-hydrogen) atoms. The van der Waals surface area contributed by atoms with Crippen LogP contribution in [0.5, 0.6) is 0 Å². The molecule has 0 aliphatic carbocycles. The molecule has 2 aromatic rings. The van der Waals surface area contributed by atoms with Gasteiger partial charge < -0.3 is 20.3 Å². The van der Waals surface area contributed by atoms with Crippen LogP contribution in [0.1, 0.15) is 12.8 Å². The Hall–Kier alpha value is -1.90. The Balaban J connectivity index is 1.24. The zero-order valence-electron chi connectivity index (χ0n) is 15.5. The smallest absolute Gasteiger partial charge is 0.315 e. The van der Waals surface area contributed by atoms with Gasteiger partial charge in [0.05, 0.1) is 23.4 Å². The average Bonchev–Trinajstić information content (AvgIpc) is 3.13. The van der Waals surface area contributed by atoms with E-state index in [4.69, 9.17) is 9.72 Å². The van der Waals surface area contributed by atoms with Crippen LogP contribution >= 0.6 is 11.3 Å². The number of nitrogens with one attached hydrogen (secondary N) is 2. The molecule has 2 fully saturated rings. The fraction of sp³-hybridized carbons (Fsp3) is 0.579. The summed E-state index contributed by atoms with van der Waals surface area (Å²) in [6.07, 6.45) is 2.08. The summed E-state index contributed by atoms with van der Waals surface area (Å²) >= 11 is 1.73. The minimum absolute atomic E-state index is 0.0700. The monoisotopic (exact) mass is 389 g/mol. The van der Waals surface area contributed by atoms with E-state index in [-0.39, 0.29) is 12.1 Å². The number of rotatable bonds is 5. The number of fused-ring (bicyclic) bond motifs is 1. The number of carbonyl (C=O) groups is 1. The molecule has 0 bridgehead atoms. The first-order valence-electron chi connectivity index (χ1n) is 9.73. The Bertz CT molecular complexity index is 728. The molecule has 8 heteroatoms. The number of morpholine rings is 1. The van der Waals surface area contributed by atoms with Crippen molar-refractivity contribution in [1.29, 1.82) is 0 Å². The first-order valence-corrected chi connectivity index (χ1v) is 10.5. The zero-order chi connectivity index (χ0) is 18.5. The van der Waals surface area contributed by atoms with Crippen LogP contribution in [0, 0.1) is 0 Å². The first-order chi connectivity index (χ1) is 13.3. The Morgan fingerprint density at radius 2 is 2.11 bits per heavy atom. The highest BCUT2D eigenvalue weighted by atomic mass is 32.1. The average molecular weight is 390 g/mol. The third-order valence-electron chi connectivity index (χ3n) is 5.13. The number of amides is 2. The molecule has 2 aliphatic heterocycles. The summed E-state index contributed by atoms with van der Waals surface area (Å²) in [6.45, 7) is 6.82. The van der Waals surface area contributed by atoms with E-state index in [2.05, 4.69) is 32.6 Å². The van der Waals surface area contributed by atoms with E-state index < -0.39 is 0 Å². The molecule has 1 atom stereocenters. The Kier molecular flexibility index (Phi) is 6.06. The van der Waals surface area contributed by atoms with E-state index in [1.165, 1.54) is 4.70 Å². The van der Waals surface area contributed by atoms with Gasteiger partial charge in [-0.2, -0.15) is 0 Å². The number of anilines is 1. The summed E-state index contributed by atoms with van der Waals surface area (Å²) in [4.78, 5) is 21.6. The maximum Gasteiger partial charge on any atom is 0.315 e. The van der Waals surface area contributed by atoms with Crippen molar-refractivity contribution in [3.8, 4) is 0 Å².